The molecule has 116 valence electrons. The molecule has 2 heteroatoms. The SMILES string of the molecule is CCC(C)C1CN(CC2CCCC2)C(C)(C2CC2)CN1. The van der Waals surface area contributed by atoms with Gasteiger partial charge in [0.05, 0.1) is 0 Å². The summed E-state index contributed by atoms with van der Waals surface area (Å²) in [6, 6.07) is 0.716. The second-order valence-corrected chi connectivity index (χ2v) is 8.06. The van der Waals surface area contributed by atoms with Gasteiger partial charge in [-0.1, -0.05) is 33.1 Å². The molecule has 1 saturated heterocycles. The van der Waals surface area contributed by atoms with Crippen molar-refractivity contribution in [2.24, 2.45) is 17.8 Å². The zero-order chi connectivity index (χ0) is 14.2. The third kappa shape index (κ3) is 2.92. The molecular formula is C18H34N2. The van der Waals surface area contributed by atoms with E-state index in [0.29, 0.717) is 11.6 Å². The first-order valence-electron chi connectivity index (χ1n) is 9.12. The summed E-state index contributed by atoms with van der Waals surface area (Å²) in [6.07, 6.45) is 10.2. The summed E-state index contributed by atoms with van der Waals surface area (Å²) in [5.41, 5.74) is 0.451. The molecule has 1 heterocycles. The maximum Gasteiger partial charge on any atom is 0.0334 e. The van der Waals surface area contributed by atoms with Crippen molar-refractivity contribution in [2.45, 2.75) is 77.3 Å². The average Bonchev–Trinajstić information content (AvgIpc) is 3.20. The normalized spacial score (nSPS) is 38.2. The van der Waals surface area contributed by atoms with Gasteiger partial charge in [0.1, 0.15) is 0 Å². The van der Waals surface area contributed by atoms with Crippen molar-refractivity contribution in [3.05, 3.63) is 0 Å². The first-order valence-corrected chi connectivity index (χ1v) is 9.12. The Morgan fingerprint density at radius 2 is 1.90 bits per heavy atom. The highest BCUT2D eigenvalue weighted by Gasteiger charge is 2.49. The number of nitrogens with one attached hydrogen (secondary N) is 1. The molecule has 0 aromatic heterocycles. The largest absolute Gasteiger partial charge is 0.311 e. The van der Waals surface area contributed by atoms with E-state index in [1.807, 2.05) is 0 Å². The molecule has 0 aromatic carbocycles. The molecule has 0 amide bonds. The molecule has 2 nitrogen and oxygen atoms in total. The molecule has 3 atom stereocenters. The highest BCUT2D eigenvalue weighted by Crippen LogP contribution is 2.45. The van der Waals surface area contributed by atoms with E-state index in [9.17, 15) is 0 Å². The minimum Gasteiger partial charge on any atom is -0.311 e. The van der Waals surface area contributed by atoms with Gasteiger partial charge in [-0.25, -0.2) is 0 Å². The summed E-state index contributed by atoms with van der Waals surface area (Å²) in [5.74, 6) is 2.77. The fraction of sp³-hybridized carbons (Fsp3) is 1.00. The van der Waals surface area contributed by atoms with Crippen molar-refractivity contribution >= 4 is 0 Å². The Morgan fingerprint density at radius 3 is 2.50 bits per heavy atom. The van der Waals surface area contributed by atoms with Crippen LogP contribution in [0.3, 0.4) is 0 Å². The molecule has 0 spiro atoms. The van der Waals surface area contributed by atoms with Crippen LogP contribution in [-0.4, -0.2) is 36.1 Å². The van der Waals surface area contributed by atoms with E-state index < -0.39 is 0 Å². The molecule has 0 aromatic rings. The second kappa shape index (κ2) is 5.96. The van der Waals surface area contributed by atoms with E-state index in [1.165, 1.54) is 64.6 Å². The number of hydrogen-bond donors (Lipinski definition) is 1. The molecular weight excluding hydrogens is 244 g/mol. The van der Waals surface area contributed by atoms with Crippen LogP contribution in [0.15, 0.2) is 0 Å². The zero-order valence-corrected chi connectivity index (χ0v) is 13.8. The summed E-state index contributed by atoms with van der Waals surface area (Å²) in [4.78, 5) is 2.91. The third-order valence-electron chi connectivity index (χ3n) is 6.60. The van der Waals surface area contributed by atoms with Crippen LogP contribution >= 0.6 is 0 Å². The molecule has 0 radical (unpaired) electrons. The summed E-state index contributed by atoms with van der Waals surface area (Å²) in [5, 5.41) is 3.89. The van der Waals surface area contributed by atoms with E-state index in [4.69, 9.17) is 0 Å². The minimum absolute atomic E-state index is 0.451. The fourth-order valence-electron chi connectivity index (χ4n) is 4.52. The van der Waals surface area contributed by atoms with Crippen LogP contribution in [0.25, 0.3) is 0 Å². The Morgan fingerprint density at radius 1 is 1.20 bits per heavy atom. The Kier molecular flexibility index (Phi) is 4.42. The first-order chi connectivity index (χ1) is 9.63. The molecule has 20 heavy (non-hydrogen) atoms. The van der Waals surface area contributed by atoms with Crippen LogP contribution in [0.1, 0.15) is 65.7 Å². The molecule has 0 bridgehead atoms. The Labute approximate surface area is 125 Å². The fourth-order valence-corrected chi connectivity index (χ4v) is 4.52. The number of hydrogen-bond acceptors (Lipinski definition) is 2. The van der Waals surface area contributed by atoms with E-state index in [0.717, 1.165) is 17.8 Å². The number of rotatable bonds is 5. The standard InChI is InChI=1S/C18H34N2/c1-4-14(2)17-12-20(11-15-7-5-6-8-15)18(3,13-19-17)16-9-10-16/h14-17,19H,4-13H2,1-3H3. The van der Waals surface area contributed by atoms with Crippen LogP contribution in [0.4, 0.5) is 0 Å². The topological polar surface area (TPSA) is 15.3 Å². The van der Waals surface area contributed by atoms with E-state index >= 15 is 0 Å². The van der Waals surface area contributed by atoms with Crippen LogP contribution in [0.2, 0.25) is 0 Å². The van der Waals surface area contributed by atoms with Crippen LogP contribution < -0.4 is 5.32 Å². The lowest BCUT2D eigenvalue weighted by molar-refractivity contribution is 0.0119. The lowest BCUT2D eigenvalue weighted by atomic mass is 9.85. The van der Waals surface area contributed by atoms with Crippen LogP contribution in [0.5, 0.6) is 0 Å². The molecule has 1 aliphatic heterocycles. The van der Waals surface area contributed by atoms with Gasteiger partial charge < -0.3 is 5.32 Å². The predicted octanol–water partition coefficient (Wildman–Crippen LogP) is 3.67. The van der Waals surface area contributed by atoms with Crippen molar-refractivity contribution < 1.29 is 0 Å². The highest BCUT2D eigenvalue weighted by atomic mass is 15.3. The molecule has 2 saturated carbocycles. The molecule has 2 aliphatic carbocycles. The summed E-state index contributed by atoms with van der Waals surface area (Å²) >= 11 is 0. The number of piperazine rings is 1. The lowest BCUT2D eigenvalue weighted by Gasteiger charge is -2.51. The van der Waals surface area contributed by atoms with Gasteiger partial charge in [0.25, 0.3) is 0 Å². The summed E-state index contributed by atoms with van der Waals surface area (Å²) in [7, 11) is 0. The van der Waals surface area contributed by atoms with Crippen molar-refractivity contribution in [3.8, 4) is 0 Å². The summed E-state index contributed by atoms with van der Waals surface area (Å²) < 4.78 is 0. The molecule has 3 rings (SSSR count). The number of nitrogens with zero attached hydrogens (tertiary/aromatic N) is 1. The summed E-state index contributed by atoms with van der Waals surface area (Å²) in [6.45, 7) is 11.2. The second-order valence-electron chi connectivity index (χ2n) is 8.06. The first kappa shape index (κ1) is 14.8. The minimum atomic E-state index is 0.451. The lowest BCUT2D eigenvalue weighted by Crippen LogP contribution is -2.66. The van der Waals surface area contributed by atoms with Gasteiger partial charge in [-0.2, -0.15) is 0 Å². The molecule has 3 unspecified atom stereocenters. The van der Waals surface area contributed by atoms with Crippen LogP contribution in [-0.2, 0) is 0 Å². The van der Waals surface area contributed by atoms with Crippen molar-refractivity contribution in [1.29, 1.82) is 0 Å². The highest BCUT2D eigenvalue weighted by molar-refractivity contribution is 5.05. The quantitative estimate of drug-likeness (QED) is 0.825. The van der Waals surface area contributed by atoms with Gasteiger partial charge in [-0.3, -0.25) is 4.90 Å². The van der Waals surface area contributed by atoms with Gasteiger partial charge in [-0.15, -0.1) is 0 Å². The maximum atomic E-state index is 3.89. The van der Waals surface area contributed by atoms with Crippen molar-refractivity contribution in [3.63, 3.8) is 0 Å². The zero-order valence-electron chi connectivity index (χ0n) is 13.8. The Hall–Kier alpha value is -0.0800. The third-order valence-corrected chi connectivity index (χ3v) is 6.60. The van der Waals surface area contributed by atoms with E-state index in [1.54, 1.807) is 0 Å². The van der Waals surface area contributed by atoms with Gasteiger partial charge in [0, 0.05) is 31.2 Å². The monoisotopic (exact) mass is 278 g/mol. The van der Waals surface area contributed by atoms with Crippen molar-refractivity contribution in [2.75, 3.05) is 19.6 Å². The van der Waals surface area contributed by atoms with Crippen molar-refractivity contribution in [1.82, 2.24) is 10.2 Å². The van der Waals surface area contributed by atoms with E-state index in [2.05, 4.69) is 31.0 Å². The molecule has 3 fully saturated rings. The Bertz CT molecular complexity index is 319. The van der Waals surface area contributed by atoms with Gasteiger partial charge in [-0.05, 0) is 50.4 Å². The predicted molar refractivity (Wildman–Crippen MR) is 85.9 cm³/mol. The maximum absolute atomic E-state index is 3.89. The van der Waals surface area contributed by atoms with Gasteiger partial charge in [0.2, 0.25) is 0 Å². The van der Waals surface area contributed by atoms with Crippen LogP contribution in [0, 0.1) is 17.8 Å². The Balaban J connectivity index is 1.68. The molecule has 1 N–H and O–H groups in total. The van der Waals surface area contributed by atoms with Gasteiger partial charge >= 0.3 is 0 Å². The van der Waals surface area contributed by atoms with E-state index in [-0.39, 0.29) is 0 Å². The smallest absolute Gasteiger partial charge is 0.0334 e. The van der Waals surface area contributed by atoms with Gasteiger partial charge in [0.15, 0.2) is 0 Å². The molecule has 3 aliphatic rings. The average molecular weight is 278 g/mol.